The molecule has 0 saturated heterocycles. The fourth-order valence-corrected chi connectivity index (χ4v) is 2.73. The van der Waals surface area contributed by atoms with Crippen LogP contribution in [0.3, 0.4) is 0 Å². The first-order valence-corrected chi connectivity index (χ1v) is 12.3. The second kappa shape index (κ2) is 9.35. The zero-order valence-electron chi connectivity index (χ0n) is 12.3. The van der Waals surface area contributed by atoms with Crippen LogP contribution in [0.25, 0.3) is 0 Å². The quantitative estimate of drug-likeness (QED) is 0.687. The minimum absolute atomic E-state index is 0.611. The molecule has 3 nitrogen and oxygen atoms in total. The van der Waals surface area contributed by atoms with E-state index in [0.29, 0.717) is 19.8 Å². The monoisotopic (exact) mass is 266 g/mol. The molecule has 0 bridgehead atoms. The van der Waals surface area contributed by atoms with Crippen LogP contribution in [-0.2, 0) is 13.3 Å². The molecule has 0 aromatic heterocycles. The highest BCUT2D eigenvalue weighted by Crippen LogP contribution is 2.08. The fraction of sp³-hybridized carbons (Fsp3) is 1.00. The van der Waals surface area contributed by atoms with Crippen molar-refractivity contribution in [3.63, 3.8) is 0 Å². The van der Waals surface area contributed by atoms with Gasteiger partial charge < -0.3 is 13.3 Å². The summed E-state index contributed by atoms with van der Waals surface area (Å²) in [6.07, 6.45) is 0. The zero-order valence-corrected chi connectivity index (χ0v) is 14.3. The average Bonchev–Trinajstić information content (AvgIpc) is 2.01. The first-order valence-electron chi connectivity index (χ1n) is 6.10. The normalized spacial score (nSPS) is 12.0. The summed E-state index contributed by atoms with van der Waals surface area (Å²) in [6.45, 7) is 19.0. The van der Waals surface area contributed by atoms with Crippen LogP contribution in [0.5, 0.6) is 0 Å². The van der Waals surface area contributed by atoms with E-state index in [-0.39, 0.29) is 0 Å². The first-order chi connectivity index (χ1) is 7.18. The molecule has 0 fully saturated rings. The van der Waals surface area contributed by atoms with Gasteiger partial charge in [0.15, 0.2) is 0 Å². The summed E-state index contributed by atoms with van der Waals surface area (Å²) in [5, 5.41) is 0. The van der Waals surface area contributed by atoms with Gasteiger partial charge in [-0.1, -0.05) is 26.2 Å². The molecule has 0 aromatic carbocycles. The Kier molecular flexibility index (Phi) is 10.9. The van der Waals surface area contributed by atoms with E-state index in [1.165, 1.54) is 0 Å². The summed E-state index contributed by atoms with van der Waals surface area (Å²) in [5.74, 6) is 0. The van der Waals surface area contributed by atoms with Gasteiger partial charge >= 0.3 is 8.80 Å². The van der Waals surface area contributed by atoms with Gasteiger partial charge in [-0.05, 0) is 20.8 Å². The van der Waals surface area contributed by atoms with Crippen molar-refractivity contribution >= 4 is 16.9 Å². The molecule has 0 saturated carbocycles. The molecule has 5 heteroatoms. The molecule has 0 spiro atoms. The Hall–Kier alpha value is 0.314. The predicted octanol–water partition coefficient (Wildman–Crippen LogP) is 3.62. The van der Waals surface area contributed by atoms with Crippen LogP contribution in [0.4, 0.5) is 0 Å². The lowest BCUT2D eigenvalue weighted by atomic mass is 10.9. The average molecular weight is 267 g/mol. The lowest BCUT2D eigenvalue weighted by molar-refractivity contribution is 0.0783. The van der Waals surface area contributed by atoms with Gasteiger partial charge in [-0.3, -0.25) is 0 Å². The Balaban J connectivity index is 0. The zero-order chi connectivity index (χ0) is 13.2. The van der Waals surface area contributed by atoms with Crippen molar-refractivity contribution in [3.05, 3.63) is 0 Å². The van der Waals surface area contributed by atoms with Crippen LogP contribution in [0.15, 0.2) is 0 Å². The van der Waals surface area contributed by atoms with Crippen LogP contribution in [0.2, 0.25) is 32.7 Å². The molecule has 0 aliphatic rings. The van der Waals surface area contributed by atoms with E-state index in [1.54, 1.807) is 0 Å². The lowest BCUT2D eigenvalue weighted by Gasteiger charge is -2.23. The molecule has 0 rings (SSSR count). The SMILES string of the molecule is CCO[Si](C)(OCC)OCC.C[Si](C)(C)C. The summed E-state index contributed by atoms with van der Waals surface area (Å²) >= 11 is 0. The summed E-state index contributed by atoms with van der Waals surface area (Å²) in [6, 6.07) is 0. The van der Waals surface area contributed by atoms with Gasteiger partial charge in [-0.15, -0.1) is 0 Å². The molecule has 16 heavy (non-hydrogen) atoms. The summed E-state index contributed by atoms with van der Waals surface area (Å²) in [7, 11) is -2.86. The maximum absolute atomic E-state index is 5.40. The molecule has 0 N–H and O–H groups in total. The molecule has 0 aliphatic heterocycles. The van der Waals surface area contributed by atoms with Crippen molar-refractivity contribution in [2.45, 2.75) is 53.5 Å². The summed E-state index contributed by atoms with van der Waals surface area (Å²) in [5.41, 5.74) is 0. The third-order valence-electron chi connectivity index (χ3n) is 1.22. The van der Waals surface area contributed by atoms with Gasteiger partial charge in [0.1, 0.15) is 0 Å². The Morgan fingerprint density at radius 3 is 0.938 bits per heavy atom. The van der Waals surface area contributed by atoms with Crippen LogP contribution in [-0.4, -0.2) is 36.7 Å². The van der Waals surface area contributed by atoms with Crippen LogP contribution < -0.4 is 0 Å². The Morgan fingerprint density at radius 2 is 0.812 bits per heavy atom. The van der Waals surface area contributed by atoms with E-state index >= 15 is 0 Å². The molecule has 0 unspecified atom stereocenters. The minimum Gasteiger partial charge on any atom is -0.374 e. The topological polar surface area (TPSA) is 27.7 Å². The lowest BCUT2D eigenvalue weighted by Crippen LogP contribution is -2.42. The van der Waals surface area contributed by atoms with Gasteiger partial charge in [0.05, 0.1) is 0 Å². The summed E-state index contributed by atoms with van der Waals surface area (Å²) in [4.78, 5) is 0. The molecule has 0 radical (unpaired) electrons. The van der Waals surface area contributed by atoms with Crippen LogP contribution in [0, 0.1) is 0 Å². The molecular formula is C11H30O3Si2. The van der Waals surface area contributed by atoms with Gasteiger partial charge in [0.25, 0.3) is 0 Å². The third kappa shape index (κ3) is 16.7. The second-order valence-corrected chi connectivity index (χ2v) is 13.8. The maximum atomic E-state index is 5.40. The van der Waals surface area contributed by atoms with Crippen LogP contribution >= 0.6 is 0 Å². The minimum atomic E-state index is -2.25. The third-order valence-corrected chi connectivity index (χ3v) is 3.66. The van der Waals surface area contributed by atoms with Gasteiger partial charge in [0.2, 0.25) is 0 Å². The number of rotatable bonds is 6. The predicted molar refractivity (Wildman–Crippen MR) is 75.7 cm³/mol. The van der Waals surface area contributed by atoms with E-state index < -0.39 is 16.9 Å². The van der Waals surface area contributed by atoms with E-state index in [4.69, 9.17) is 13.3 Å². The van der Waals surface area contributed by atoms with E-state index in [0.717, 1.165) is 0 Å². The molecule has 0 heterocycles. The van der Waals surface area contributed by atoms with Crippen molar-refractivity contribution < 1.29 is 13.3 Å². The smallest absolute Gasteiger partial charge is 0.374 e. The summed E-state index contributed by atoms with van der Waals surface area (Å²) < 4.78 is 16.2. The highest BCUT2D eigenvalue weighted by atomic mass is 28.4. The van der Waals surface area contributed by atoms with E-state index in [9.17, 15) is 0 Å². The standard InChI is InChI=1S/C7H18O3Si.C4H12Si/c1-5-8-11(4,9-6-2)10-7-3;1-5(2,3)4/h5-7H2,1-4H3;1-4H3. The highest BCUT2D eigenvalue weighted by Gasteiger charge is 2.32. The molecule has 100 valence electrons. The molecular weight excluding hydrogens is 236 g/mol. The van der Waals surface area contributed by atoms with Gasteiger partial charge in [-0.2, -0.15) is 0 Å². The van der Waals surface area contributed by atoms with Crippen molar-refractivity contribution in [3.8, 4) is 0 Å². The second-order valence-electron chi connectivity index (χ2n) is 5.16. The molecule has 0 atom stereocenters. The Bertz CT molecular complexity index is 135. The molecule has 0 amide bonds. The molecule has 0 aromatic rings. The van der Waals surface area contributed by atoms with Gasteiger partial charge in [-0.25, -0.2) is 0 Å². The van der Waals surface area contributed by atoms with Gasteiger partial charge in [0, 0.05) is 34.4 Å². The Labute approximate surface area is 104 Å². The van der Waals surface area contributed by atoms with Crippen LogP contribution in [0.1, 0.15) is 20.8 Å². The highest BCUT2D eigenvalue weighted by molar-refractivity contribution is 6.74. The Morgan fingerprint density at radius 1 is 0.625 bits per heavy atom. The van der Waals surface area contributed by atoms with Crippen molar-refractivity contribution in [2.75, 3.05) is 19.8 Å². The fourth-order valence-electron chi connectivity index (χ4n) is 0.912. The molecule has 0 aliphatic carbocycles. The van der Waals surface area contributed by atoms with Crippen molar-refractivity contribution in [1.29, 1.82) is 0 Å². The number of hydrogen-bond acceptors (Lipinski definition) is 3. The first kappa shape index (κ1) is 18.7. The van der Waals surface area contributed by atoms with Crippen molar-refractivity contribution in [2.24, 2.45) is 0 Å². The number of hydrogen-bond donors (Lipinski definition) is 0. The largest absolute Gasteiger partial charge is 0.497 e. The maximum Gasteiger partial charge on any atom is 0.497 e. The van der Waals surface area contributed by atoms with Crippen molar-refractivity contribution in [1.82, 2.24) is 0 Å². The van der Waals surface area contributed by atoms with E-state index in [2.05, 4.69) is 26.2 Å². The van der Waals surface area contributed by atoms with E-state index in [1.807, 2.05) is 27.3 Å².